The minimum absolute atomic E-state index is 0.0224. The Labute approximate surface area is 163 Å². The summed E-state index contributed by atoms with van der Waals surface area (Å²) in [7, 11) is 0. The predicted octanol–water partition coefficient (Wildman–Crippen LogP) is 3.27. The van der Waals surface area contributed by atoms with Gasteiger partial charge in [-0.1, -0.05) is 5.16 Å². The lowest BCUT2D eigenvalue weighted by Crippen LogP contribution is -2.31. The Bertz CT molecular complexity index is 964. The zero-order chi connectivity index (χ0) is 19.5. The second kappa shape index (κ2) is 7.88. The Balaban J connectivity index is 1.45. The van der Waals surface area contributed by atoms with Gasteiger partial charge in [0.1, 0.15) is 5.76 Å². The molecule has 0 saturated heterocycles. The Kier molecular flexibility index (Phi) is 5.14. The van der Waals surface area contributed by atoms with E-state index in [0.29, 0.717) is 18.7 Å². The van der Waals surface area contributed by atoms with Crippen molar-refractivity contribution in [3.8, 4) is 11.4 Å². The monoisotopic (exact) mass is 377 g/mol. The highest BCUT2D eigenvalue weighted by Gasteiger charge is 2.24. The van der Waals surface area contributed by atoms with Crippen LogP contribution in [0.15, 0.2) is 35.2 Å². The number of rotatable bonds is 5. The van der Waals surface area contributed by atoms with Crippen LogP contribution >= 0.6 is 0 Å². The van der Waals surface area contributed by atoms with Gasteiger partial charge in [0.15, 0.2) is 5.82 Å². The van der Waals surface area contributed by atoms with Gasteiger partial charge < -0.3 is 9.84 Å². The molecule has 4 rings (SSSR count). The Morgan fingerprint density at radius 3 is 2.96 bits per heavy atom. The SMILES string of the molecule is Cc1noc(C)c1CCC(=O)NC1CCCc2nc(-c3cccnc3)ncc21. The summed E-state index contributed by atoms with van der Waals surface area (Å²) in [6, 6.07) is 3.79. The summed E-state index contributed by atoms with van der Waals surface area (Å²) >= 11 is 0. The van der Waals surface area contributed by atoms with Gasteiger partial charge in [0, 0.05) is 47.4 Å². The number of hydrogen-bond acceptors (Lipinski definition) is 6. The summed E-state index contributed by atoms with van der Waals surface area (Å²) in [5.74, 6) is 1.48. The first-order valence-electron chi connectivity index (χ1n) is 9.59. The highest BCUT2D eigenvalue weighted by Crippen LogP contribution is 2.29. The molecule has 144 valence electrons. The second-order valence-electron chi connectivity index (χ2n) is 7.15. The van der Waals surface area contributed by atoms with E-state index in [0.717, 1.165) is 53.1 Å². The summed E-state index contributed by atoms with van der Waals surface area (Å²) < 4.78 is 5.17. The number of carbonyl (C=O) groups is 1. The molecule has 3 aromatic heterocycles. The fraction of sp³-hybridized carbons (Fsp3) is 0.381. The van der Waals surface area contributed by atoms with E-state index in [1.807, 2.05) is 32.2 Å². The second-order valence-corrected chi connectivity index (χ2v) is 7.15. The van der Waals surface area contributed by atoms with Gasteiger partial charge in [-0.3, -0.25) is 9.78 Å². The molecule has 1 aliphatic carbocycles. The lowest BCUT2D eigenvalue weighted by Gasteiger charge is -2.25. The first kappa shape index (κ1) is 18.3. The Morgan fingerprint density at radius 2 is 2.21 bits per heavy atom. The largest absolute Gasteiger partial charge is 0.361 e. The van der Waals surface area contributed by atoms with E-state index in [4.69, 9.17) is 9.51 Å². The van der Waals surface area contributed by atoms with E-state index in [1.165, 1.54) is 0 Å². The molecule has 0 aromatic carbocycles. The number of nitrogens with zero attached hydrogens (tertiary/aromatic N) is 4. The zero-order valence-corrected chi connectivity index (χ0v) is 16.1. The minimum Gasteiger partial charge on any atom is -0.361 e. The maximum Gasteiger partial charge on any atom is 0.220 e. The van der Waals surface area contributed by atoms with Gasteiger partial charge in [-0.05, 0) is 51.7 Å². The van der Waals surface area contributed by atoms with Crippen LogP contribution in [0.1, 0.15) is 53.6 Å². The normalized spacial score (nSPS) is 15.9. The van der Waals surface area contributed by atoms with E-state index in [1.54, 1.807) is 12.4 Å². The van der Waals surface area contributed by atoms with Crippen molar-refractivity contribution in [3.63, 3.8) is 0 Å². The lowest BCUT2D eigenvalue weighted by molar-refractivity contribution is -0.121. The molecular weight excluding hydrogens is 354 g/mol. The summed E-state index contributed by atoms with van der Waals surface area (Å²) in [6.45, 7) is 3.78. The number of carbonyl (C=O) groups excluding carboxylic acids is 1. The predicted molar refractivity (Wildman–Crippen MR) is 103 cm³/mol. The molecule has 3 aromatic rings. The number of pyridine rings is 1. The van der Waals surface area contributed by atoms with E-state index in [-0.39, 0.29) is 11.9 Å². The Hall–Kier alpha value is -3.09. The molecule has 1 unspecified atom stereocenters. The molecule has 0 saturated carbocycles. The zero-order valence-electron chi connectivity index (χ0n) is 16.1. The molecule has 0 bridgehead atoms. The first-order chi connectivity index (χ1) is 13.6. The maximum atomic E-state index is 12.5. The van der Waals surface area contributed by atoms with E-state index >= 15 is 0 Å². The minimum atomic E-state index is -0.0381. The topological polar surface area (TPSA) is 93.8 Å². The summed E-state index contributed by atoms with van der Waals surface area (Å²) in [5, 5.41) is 7.10. The van der Waals surface area contributed by atoms with Crippen molar-refractivity contribution in [2.24, 2.45) is 0 Å². The number of aryl methyl sites for hydroxylation is 3. The van der Waals surface area contributed by atoms with Crippen LogP contribution in [-0.4, -0.2) is 26.0 Å². The molecule has 7 heteroatoms. The van der Waals surface area contributed by atoms with Crippen LogP contribution in [-0.2, 0) is 17.6 Å². The summed E-state index contributed by atoms with van der Waals surface area (Å²) in [6.07, 6.45) is 9.17. The van der Waals surface area contributed by atoms with Crippen molar-refractivity contribution in [1.29, 1.82) is 0 Å². The van der Waals surface area contributed by atoms with Gasteiger partial charge in [0.05, 0.1) is 11.7 Å². The van der Waals surface area contributed by atoms with E-state index < -0.39 is 0 Å². The molecular formula is C21H23N5O2. The van der Waals surface area contributed by atoms with Crippen molar-refractivity contribution in [2.45, 2.75) is 52.0 Å². The van der Waals surface area contributed by atoms with Gasteiger partial charge in [-0.2, -0.15) is 0 Å². The molecule has 1 aliphatic rings. The maximum absolute atomic E-state index is 12.5. The van der Waals surface area contributed by atoms with Gasteiger partial charge in [0.25, 0.3) is 0 Å². The average Bonchev–Trinajstić information content (AvgIpc) is 3.04. The summed E-state index contributed by atoms with van der Waals surface area (Å²) in [5.41, 5.74) is 4.80. The molecule has 1 amide bonds. The van der Waals surface area contributed by atoms with Crippen LogP contribution in [0.3, 0.4) is 0 Å². The van der Waals surface area contributed by atoms with Crippen molar-refractivity contribution in [3.05, 3.63) is 59.0 Å². The molecule has 0 aliphatic heterocycles. The number of aromatic nitrogens is 4. The molecule has 0 spiro atoms. The molecule has 1 N–H and O–H groups in total. The third-order valence-electron chi connectivity index (χ3n) is 5.22. The number of fused-ring (bicyclic) bond motifs is 1. The Morgan fingerprint density at radius 1 is 1.32 bits per heavy atom. The van der Waals surface area contributed by atoms with Gasteiger partial charge >= 0.3 is 0 Å². The summed E-state index contributed by atoms with van der Waals surface area (Å²) in [4.78, 5) is 25.9. The quantitative estimate of drug-likeness (QED) is 0.733. The van der Waals surface area contributed by atoms with Crippen LogP contribution in [0.25, 0.3) is 11.4 Å². The third-order valence-corrected chi connectivity index (χ3v) is 5.22. The lowest BCUT2D eigenvalue weighted by atomic mass is 9.92. The van der Waals surface area contributed by atoms with Crippen LogP contribution in [0.5, 0.6) is 0 Å². The van der Waals surface area contributed by atoms with Crippen molar-refractivity contribution < 1.29 is 9.32 Å². The molecule has 0 fully saturated rings. The standard InChI is InChI=1S/C21H23N5O2/c1-13-16(14(2)28-26-13)8-9-20(27)24-18-6-3-7-19-17(18)12-23-21(25-19)15-5-4-10-22-11-15/h4-5,10-12,18H,3,6-9H2,1-2H3,(H,24,27). The first-order valence-corrected chi connectivity index (χ1v) is 9.59. The fourth-order valence-electron chi connectivity index (χ4n) is 3.69. The molecule has 0 radical (unpaired) electrons. The van der Waals surface area contributed by atoms with Gasteiger partial charge in [0.2, 0.25) is 5.91 Å². The number of nitrogens with one attached hydrogen (secondary N) is 1. The molecule has 3 heterocycles. The van der Waals surface area contributed by atoms with Crippen LogP contribution in [0, 0.1) is 13.8 Å². The number of amides is 1. The van der Waals surface area contributed by atoms with Gasteiger partial charge in [-0.25, -0.2) is 9.97 Å². The molecule has 28 heavy (non-hydrogen) atoms. The van der Waals surface area contributed by atoms with Crippen molar-refractivity contribution >= 4 is 5.91 Å². The average molecular weight is 377 g/mol. The van der Waals surface area contributed by atoms with E-state index in [2.05, 4.69) is 20.4 Å². The van der Waals surface area contributed by atoms with Crippen LogP contribution < -0.4 is 5.32 Å². The number of hydrogen-bond donors (Lipinski definition) is 1. The highest BCUT2D eigenvalue weighted by molar-refractivity contribution is 5.76. The van der Waals surface area contributed by atoms with Crippen molar-refractivity contribution in [2.75, 3.05) is 0 Å². The van der Waals surface area contributed by atoms with E-state index in [9.17, 15) is 4.79 Å². The highest BCUT2D eigenvalue weighted by atomic mass is 16.5. The van der Waals surface area contributed by atoms with Gasteiger partial charge in [-0.15, -0.1) is 0 Å². The molecule has 1 atom stereocenters. The van der Waals surface area contributed by atoms with Crippen LogP contribution in [0.2, 0.25) is 0 Å². The molecule has 7 nitrogen and oxygen atoms in total. The fourth-order valence-corrected chi connectivity index (χ4v) is 3.69. The van der Waals surface area contributed by atoms with Crippen molar-refractivity contribution in [1.82, 2.24) is 25.4 Å². The third kappa shape index (κ3) is 3.78. The van der Waals surface area contributed by atoms with Crippen LogP contribution in [0.4, 0.5) is 0 Å². The smallest absolute Gasteiger partial charge is 0.220 e.